The number of hydrogen-bond acceptors (Lipinski definition) is 18. The van der Waals surface area contributed by atoms with Crippen LogP contribution in [0.25, 0.3) is 20.4 Å². The fourth-order valence-electron chi connectivity index (χ4n) is 7.08. The summed E-state index contributed by atoms with van der Waals surface area (Å²) in [6, 6.07) is 14.4. The van der Waals surface area contributed by atoms with Crippen molar-refractivity contribution in [2.45, 2.75) is 62.7 Å². The third-order valence-electron chi connectivity index (χ3n) is 9.71. The fraction of sp³-hybridized carbons (Fsp3) is 0.350. The number of anilines is 3. The first-order valence-corrected chi connectivity index (χ1v) is 21.7. The minimum Gasteiger partial charge on any atom is -0.484 e. The molecule has 8 heterocycles. The van der Waals surface area contributed by atoms with E-state index in [4.69, 9.17) is 78.4 Å². The Morgan fingerprint density at radius 1 is 0.656 bits per heavy atom. The number of nitrogens with one attached hydrogen (secondary N) is 1. The zero-order chi connectivity index (χ0) is 42.6. The lowest BCUT2D eigenvalue weighted by Crippen LogP contribution is -2.36. The molecule has 4 fully saturated rings. The number of esters is 2. The lowest BCUT2D eigenvalue weighted by molar-refractivity contribution is -0.151. The van der Waals surface area contributed by atoms with Crippen molar-refractivity contribution in [1.82, 2.24) is 19.9 Å². The van der Waals surface area contributed by atoms with Gasteiger partial charge in [0.2, 0.25) is 0 Å². The minimum absolute atomic E-state index is 0.275. The molecule has 320 valence electrons. The third kappa shape index (κ3) is 10.0. The van der Waals surface area contributed by atoms with Crippen LogP contribution in [0.15, 0.2) is 71.9 Å². The highest BCUT2D eigenvalue weighted by Crippen LogP contribution is 2.37. The summed E-state index contributed by atoms with van der Waals surface area (Å²) in [5.74, 6) is 1.08. The molecule has 0 aliphatic carbocycles. The first-order chi connectivity index (χ1) is 29.5. The van der Waals surface area contributed by atoms with Crippen LogP contribution in [0, 0.1) is 0 Å². The van der Waals surface area contributed by atoms with Crippen molar-refractivity contribution in [3.05, 3.63) is 87.1 Å². The van der Waals surface area contributed by atoms with Crippen molar-refractivity contribution in [1.29, 1.82) is 0 Å². The summed E-state index contributed by atoms with van der Waals surface area (Å²) in [6.45, 7) is 4.03. The van der Waals surface area contributed by atoms with Gasteiger partial charge < -0.3 is 48.9 Å². The second-order valence-electron chi connectivity index (χ2n) is 13.9. The molecule has 4 saturated heterocycles. The Labute approximate surface area is 371 Å². The number of carbonyl (C=O) groups is 2. The van der Waals surface area contributed by atoms with E-state index in [1.54, 1.807) is 53.0 Å². The van der Waals surface area contributed by atoms with E-state index in [9.17, 15) is 9.59 Å². The van der Waals surface area contributed by atoms with Gasteiger partial charge in [-0.05, 0) is 59.3 Å². The van der Waals surface area contributed by atoms with E-state index in [1.807, 2.05) is 29.0 Å². The van der Waals surface area contributed by atoms with Crippen LogP contribution in [0.1, 0.15) is 13.8 Å². The van der Waals surface area contributed by atoms with Crippen LogP contribution >= 0.6 is 57.5 Å². The Morgan fingerprint density at radius 3 is 1.69 bits per heavy atom. The maximum atomic E-state index is 11.2. The summed E-state index contributed by atoms with van der Waals surface area (Å²) >= 11 is 21.4. The Morgan fingerprint density at radius 2 is 1.15 bits per heavy atom. The normalized spacial score (nSPS) is 24.8. The molecule has 61 heavy (non-hydrogen) atoms. The number of rotatable bonds is 8. The Bertz CT molecular complexity index is 2520. The number of halogens is 3. The average molecular weight is 932 g/mol. The van der Waals surface area contributed by atoms with Crippen molar-refractivity contribution in [2.75, 3.05) is 37.5 Å². The maximum absolute atomic E-state index is 11.2. The van der Waals surface area contributed by atoms with E-state index in [1.165, 1.54) is 26.5 Å². The molecule has 0 spiro atoms. The molecule has 4 aliphatic heterocycles. The first kappa shape index (κ1) is 43.0. The number of carbonyl (C=O) groups excluding carboxylic acids is 2. The number of hydrogen-bond donors (Lipinski definition) is 2. The second-order valence-corrected chi connectivity index (χ2v) is 16.9. The highest BCUT2D eigenvalue weighted by atomic mass is 35.5. The summed E-state index contributed by atoms with van der Waals surface area (Å²) in [5, 5.41) is 8.63. The van der Waals surface area contributed by atoms with Crippen LogP contribution in [-0.2, 0) is 38.0 Å². The zero-order valence-corrected chi connectivity index (χ0v) is 36.2. The SMILES string of the molecule is CC(=O)O[C@H]1CO[C@H]2[C@@H]1OC[C@@H]2Oc1ccc(N)cc1Cl.CC(=O)O[C@H]1CO[C@H]2[C@@H]1OC[C@@H]2Oc1ccc(Nc2ncnc3ccsc23)cc1Cl.Clc1ncnc2ccsc12. The van der Waals surface area contributed by atoms with Crippen LogP contribution in [0.3, 0.4) is 0 Å². The van der Waals surface area contributed by atoms with E-state index in [-0.39, 0.29) is 54.7 Å². The molecule has 4 aromatic heterocycles. The number of ether oxygens (including phenoxy) is 8. The molecular formula is C40H37Cl3N6O10S2. The largest absolute Gasteiger partial charge is 0.484 e. The Balaban J connectivity index is 0.000000143. The van der Waals surface area contributed by atoms with Gasteiger partial charge in [0.1, 0.15) is 53.7 Å². The van der Waals surface area contributed by atoms with E-state index in [0.29, 0.717) is 58.8 Å². The van der Waals surface area contributed by atoms with Gasteiger partial charge in [-0.1, -0.05) is 34.8 Å². The highest BCUT2D eigenvalue weighted by Gasteiger charge is 2.51. The quantitative estimate of drug-likeness (QED) is 0.0875. The number of benzene rings is 2. The predicted octanol–water partition coefficient (Wildman–Crippen LogP) is 7.31. The summed E-state index contributed by atoms with van der Waals surface area (Å²) in [5.41, 5.74) is 8.82. The van der Waals surface area contributed by atoms with Gasteiger partial charge in [0.15, 0.2) is 30.2 Å². The molecule has 0 amide bonds. The number of nitrogen functional groups attached to an aromatic ring is 1. The van der Waals surface area contributed by atoms with Crippen LogP contribution in [0.5, 0.6) is 11.5 Å². The third-order valence-corrected chi connectivity index (χ3v) is 12.5. The van der Waals surface area contributed by atoms with Crippen LogP contribution in [-0.4, -0.2) is 107 Å². The lowest BCUT2D eigenvalue weighted by Gasteiger charge is -2.19. The monoisotopic (exact) mass is 930 g/mol. The van der Waals surface area contributed by atoms with Crippen LogP contribution in [0.4, 0.5) is 17.2 Å². The standard InChI is InChI=1S/C20H18ClN3O5S.C14H16ClNO5.C6H3ClN2S/c1-10(25)28-15-7-26-18-16(8-27-17(15)18)29-14-3-2-11(6-12(14)21)24-20-19-13(4-5-30-19)22-9-23-20;1-7(17)20-11-5-18-14-12(6-19-13(11)14)21-10-3-2-8(16)4-9(10)15;7-6-5-4(1-2-10-5)8-3-9-6/h2-6,9,15-18H,7-8H2,1H3,(H,22,23,24);2-4,11-14H,5-6,16H2,1H3;1-3H/t15-,16-,17+,18+;11-,12-,13+,14+;/m00./s1. The summed E-state index contributed by atoms with van der Waals surface area (Å²) in [4.78, 5) is 38.7. The van der Waals surface area contributed by atoms with E-state index in [2.05, 4.69) is 25.3 Å². The van der Waals surface area contributed by atoms with Gasteiger partial charge in [0.05, 0.1) is 56.9 Å². The molecule has 0 unspecified atom stereocenters. The van der Waals surface area contributed by atoms with Crippen LogP contribution < -0.4 is 20.5 Å². The number of aromatic nitrogens is 4. The lowest BCUT2D eigenvalue weighted by atomic mass is 10.1. The van der Waals surface area contributed by atoms with Crippen molar-refractivity contribution >= 4 is 107 Å². The molecule has 0 radical (unpaired) electrons. The van der Waals surface area contributed by atoms with Gasteiger partial charge in [0, 0.05) is 25.2 Å². The maximum Gasteiger partial charge on any atom is 0.303 e. The molecule has 16 nitrogen and oxygen atoms in total. The molecule has 10 rings (SSSR count). The summed E-state index contributed by atoms with van der Waals surface area (Å²) in [7, 11) is 0. The predicted molar refractivity (Wildman–Crippen MR) is 229 cm³/mol. The Hall–Kier alpha value is -4.63. The number of fused-ring (bicyclic) bond motifs is 4. The van der Waals surface area contributed by atoms with Gasteiger partial charge in [-0.25, -0.2) is 19.9 Å². The second kappa shape index (κ2) is 19.2. The molecule has 3 N–H and O–H groups in total. The molecule has 8 atom stereocenters. The zero-order valence-electron chi connectivity index (χ0n) is 32.3. The topological polar surface area (TPSA) is 198 Å². The van der Waals surface area contributed by atoms with Gasteiger partial charge in [0.25, 0.3) is 0 Å². The van der Waals surface area contributed by atoms with Crippen molar-refractivity contribution < 1.29 is 47.5 Å². The molecule has 0 saturated carbocycles. The van der Waals surface area contributed by atoms with Crippen molar-refractivity contribution in [2.24, 2.45) is 0 Å². The Kier molecular flexibility index (Phi) is 13.5. The first-order valence-electron chi connectivity index (χ1n) is 18.8. The molecular weight excluding hydrogens is 895 g/mol. The number of thiophene rings is 2. The fourth-order valence-corrected chi connectivity index (χ4v) is 9.32. The van der Waals surface area contributed by atoms with Gasteiger partial charge in [-0.2, -0.15) is 0 Å². The summed E-state index contributed by atoms with van der Waals surface area (Å²) in [6.07, 6.45) is 0.356. The van der Waals surface area contributed by atoms with E-state index >= 15 is 0 Å². The van der Waals surface area contributed by atoms with Crippen molar-refractivity contribution in [3.63, 3.8) is 0 Å². The number of nitrogens with zero attached hydrogens (tertiary/aromatic N) is 4. The number of nitrogens with two attached hydrogens (primary N) is 1. The molecule has 4 aliphatic rings. The highest BCUT2D eigenvalue weighted by molar-refractivity contribution is 7.18. The minimum atomic E-state index is -0.412. The summed E-state index contributed by atoms with van der Waals surface area (Å²) < 4.78 is 47.1. The molecule has 0 bridgehead atoms. The van der Waals surface area contributed by atoms with E-state index < -0.39 is 6.10 Å². The average Bonchev–Trinajstić information content (AvgIpc) is 4.08. The molecule has 2 aromatic carbocycles. The van der Waals surface area contributed by atoms with Gasteiger partial charge in [-0.3, -0.25) is 9.59 Å². The molecule has 21 heteroatoms. The molecule has 6 aromatic rings. The van der Waals surface area contributed by atoms with Gasteiger partial charge >= 0.3 is 11.9 Å². The van der Waals surface area contributed by atoms with Crippen LogP contribution in [0.2, 0.25) is 15.2 Å². The van der Waals surface area contributed by atoms with E-state index in [0.717, 1.165) is 31.9 Å². The van der Waals surface area contributed by atoms with Gasteiger partial charge in [-0.15, -0.1) is 22.7 Å². The van der Waals surface area contributed by atoms with Crippen molar-refractivity contribution in [3.8, 4) is 11.5 Å². The smallest absolute Gasteiger partial charge is 0.303 e.